The molecule has 0 aliphatic heterocycles. The topological polar surface area (TPSA) is 71.1 Å². The molecular weight excluding hydrogens is 352 g/mol. The van der Waals surface area contributed by atoms with E-state index >= 15 is 0 Å². The van der Waals surface area contributed by atoms with Gasteiger partial charge in [-0.25, -0.2) is 8.78 Å². The number of hydrogen-bond acceptors (Lipinski definition) is 3. The average Bonchev–Trinajstić information content (AvgIpc) is 2.67. The highest BCUT2D eigenvalue weighted by molar-refractivity contribution is 6.04. The molecule has 0 atom stereocenters. The van der Waals surface area contributed by atoms with Crippen molar-refractivity contribution in [2.24, 2.45) is 0 Å². The van der Waals surface area contributed by atoms with Gasteiger partial charge in [-0.1, -0.05) is 18.2 Å². The van der Waals surface area contributed by atoms with E-state index in [1.54, 1.807) is 18.2 Å². The minimum absolute atomic E-state index is 0.0219. The second-order valence-electron chi connectivity index (χ2n) is 5.70. The van der Waals surface area contributed by atoms with Gasteiger partial charge in [0.25, 0.3) is 11.8 Å². The number of anilines is 1. The largest absolute Gasteiger partial charge is 0.348 e. The van der Waals surface area contributed by atoms with Crippen LogP contribution in [0.4, 0.5) is 14.5 Å². The number of nitrogens with zero attached hydrogens (tertiary/aromatic N) is 1. The van der Waals surface area contributed by atoms with Crippen LogP contribution in [-0.4, -0.2) is 16.8 Å². The molecule has 3 rings (SSSR count). The second-order valence-corrected chi connectivity index (χ2v) is 5.70. The van der Waals surface area contributed by atoms with Crippen molar-refractivity contribution in [2.45, 2.75) is 6.54 Å². The first-order valence-corrected chi connectivity index (χ1v) is 8.07. The molecule has 0 fully saturated rings. The molecule has 0 aliphatic rings. The van der Waals surface area contributed by atoms with E-state index in [0.717, 1.165) is 5.56 Å². The Hall–Kier alpha value is -3.61. The molecule has 2 aromatic carbocycles. The predicted octanol–water partition coefficient (Wildman–Crippen LogP) is 3.54. The van der Waals surface area contributed by atoms with Gasteiger partial charge in [0.1, 0.15) is 17.3 Å². The molecule has 0 unspecified atom stereocenters. The maximum Gasteiger partial charge on any atom is 0.274 e. The van der Waals surface area contributed by atoms with E-state index in [1.807, 2.05) is 0 Å². The maximum absolute atomic E-state index is 13.2. The van der Waals surface area contributed by atoms with Crippen LogP contribution in [0.1, 0.15) is 26.4 Å². The minimum Gasteiger partial charge on any atom is -0.348 e. The quantitative estimate of drug-likeness (QED) is 0.725. The van der Waals surface area contributed by atoms with Crippen molar-refractivity contribution in [1.82, 2.24) is 10.3 Å². The van der Waals surface area contributed by atoms with Crippen molar-refractivity contribution in [3.63, 3.8) is 0 Å². The van der Waals surface area contributed by atoms with E-state index in [0.29, 0.717) is 0 Å². The van der Waals surface area contributed by atoms with Crippen molar-refractivity contribution in [2.75, 3.05) is 5.32 Å². The molecule has 1 heterocycles. The van der Waals surface area contributed by atoms with E-state index < -0.39 is 17.6 Å². The first-order valence-electron chi connectivity index (χ1n) is 8.07. The molecule has 0 spiro atoms. The summed E-state index contributed by atoms with van der Waals surface area (Å²) < 4.78 is 26.1. The van der Waals surface area contributed by atoms with E-state index in [9.17, 15) is 18.4 Å². The van der Waals surface area contributed by atoms with E-state index in [2.05, 4.69) is 15.6 Å². The van der Waals surface area contributed by atoms with Crippen LogP contribution in [-0.2, 0) is 6.54 Å². The summed E-state index contributed by atoms with van der Waals surface area (Å²) in [5, 5.41) is 5.21. The first-order chi connectivity index (χ1) is 13.0. The van der Waals surface area contributed by atoms with Crippen LogP contribution in [0.15, 0.2) is 66.9 Å². The van der Waals surface area contributed by atoms with Gasteiger partial charge in [-0.2, -0.15) is 0 Å². The first kappa shape index (κ1) is 18.2. The lowest BCUT2D eigenvalue weighted by atomic mass is 10.2. The Morgan fingerprint density at radius 3 is 2.41 bits per heavy atom. The van der Waals surface area contributed by atoms with Gasteiger partial charge < -0.3 is 10.6 Å². The Morgan fingerprint density at radius 2 is 1.67 bits per heavy atom. The summed E-state index contributed by atoms with van der Waals surface area (Å²) in [6, 6.07) is 14.0. The lowest BCUT2D eigenvalue weighted by Gasteiger charge is -2.08. The fourth-order valence-corrected chi connectivity index (χ4v) is 2.34. The number of hydrogen-bond donors (Lipinski definition) is 2. The fourth-order valence-electron chi connectivity index (χ4n) is 2.34. The number of carbonyl (C=O) groups is 2. The Balaban J connectivity index is 1.66. The molecule has 136 valence electrons. The van der Waals surface area contributed by atoms with Crippen LogP contribution in [0.5, 0.6) is 0 Å². The van der Waals surface area contributed by atoms with Gasteiger partial charge in [0.2, 0.25) is 0 Å². The third kappa shape index (κ3) is 4.94. The van der Waals surface area contributed by atoms with Crippen molar-refractivity contribution >= 4 is 17.5 Å². The fraction of sp³-hybridized carbons (Fsp3) is 0.0500. The highest BCUT2D eigenvalue weighted by atomic mass is 19.1. The van der Waals surface area contributed by atoms with Gasteiger partial charge in [-0.15, -0.1) is 0 Å². The molecule has 3 aromatic rings. The summed E-state index contributed by atoms with van der Waals surface area (Å²) >= 11 is 0. The van der Waals surface area contributed by atoms with E-state index in [-0.39, 0.29) is 29.3 Å². The summed E-state index contributed by atoms with van der Waals surface area (Å²) in [5.41, 5.74) is 1.29. The molecule has 0 bridgehead atoms. The van der Waals surface area contributed by atoms with Crippen LogP contribution < -0.4 is 10.6 Å². The Morgan fingerprint density at radius 1 is 0.889 bits per heavy atom. The zero-order valence-electron chi connectivity index (χ0n) is 14.1. The van der Waals surface area contributed by atoms with Crippen molar-refractivity contribution < 1.29 is 18.4 Å². The summed E-state index contributed by atoms with van der Waals surface area (Å²) in [6.45, 7) is 0.215. The number of nitrogens with one attached hydrogen (secondary N) is 2. The lowest BCUT2D eigenvalue weighted by molar-refractivity contribution is 0.0951. The Bertz CT molecular complexity index is 975. The SMILES string of the molecule is O=C(NCc1ccc(F)cc1)c1ccnc(C(=O)Nc2cccc(F)c2)c1. The highest BCUT2D eigenvalue weighted by Gasteiger charge is 2.12. The van der Waals surface area contributed by atoms with Crippen LogP contribution in [0.2, 0.25) is 0 Å². The summed E-state index contributed by atoms with van der Waals surface area (Å²) in [7, 11) is 0. The van der Waals surface area contributed by atoms with Gasteiger partial charge in [-0.3, -0.25) is 14.6 Å². The van der Waals surface area contributed by atoms with E-state index in [4.69, 9.17) is 0 Å². The van der Waals surface area contributed by atoms with Gasteiger partial charge in [0.05, 0.1) is 0 Å². The van der Waals surface area contributed by atoms with Gasteiger partial charge in [0, 0.05) is 24.0 Å². The molecule has 0 aliphatic carbocycles. The molecule has 27 heavy (non-hydrogen) atoms. The minimum atomic E-state index is -0.561. The molecular formula is C20H15F2N3O2. The maximum atomic E-state index is 13.2. The third-order valence-corrected chi connectivity index (χ3v) is 3.70. The monoisotopic (exact) mass is 367 g/mol. The van der Waals surface area contributed by atoms with Crippen molar-refractivity contribution in [1.29, 1.82) is 0 Å². The summed E-state index contributed by atoms with van der Waals surface area (Å²) in [4.78, 5) is 28.5. The molecule has 2 N–H and O–H groups in total. The number of rotatable bonds is 5. The number of benzene rings is 2. The Kier molecular flexibility index (Phi) is 5.51. The van der Waals surface area contributed by atoms with Crippen LogP contribution in [0.3, 0.4) is 0 Å². The summed E-state index contributed by atoms with van der Waals surface area (Å²) in [6.07, 6.45) is 1.34. The van der Waals surface area contributed by atoms with E-state index in [1.165, 1.54) is 48.7 Å². The molecule has 2 amide bonds. The number of amides is 2. The Labute approximate surface area is 154 Å². The second kappa shape index (κ2) is 8.18. The molecule has 7 heteroatoms. The molecule has 5 nitrogen and oxygen atoms in total. The van der Waals surface area contributed by atoms with Crippen LogP contribution in [0, 0.1) is 11.6 Å². The third-order valence-electron chi connectivity index (χ3n) is 3.70. The zero-order valence-corrected chi connectivity index (χ0v) is 14.1. The van der Waals surface area contributed by atoms with Gasteiger partial charge in [0.15, 0.2) is 0 Å². The number of aromatic nitrogens is 1. The molecule has 0 saturated carbocycles. The van der Waals surface area contributed by atoms with Gasteiger partial charge in [-0.05, 0) is 48.0 Å². The zero-order chi connectivity index (χ0) is 19.2. The standard InChI is InChI=1S/C20H15F2N3O2/c21-15-6-4-13(5-7-15)12-24-19(26)14-8-9-23-18(10-14)20(27)25-17-3-1-2-16(22)11-17/h1-11H,12H2,(H,24,26)(H,25,27). The lowest BCUT2D eigenvalue weighted by Crippen LogP contribution is -2.23. The molecule has 1 aromatic heterocycles. The molecule has 0 saturated heterocycles. The number of halogens is 2. The van der Waals surface area contributed by atoms with Gasteiger partial charge >= 0.3 is 0 Å². The van der Waals surface area contributed by atoms with Crippen LogP contribution >= 0.6 is 0 Å². The van der Waals surface area contributed by atoms with Crippen molar-refractivity contribution in [3.8, 4) is 0 Å². The van der Waals surface area contributed by atoms with Crippen molar-refractivity contribution in [3.05, 3.63) is 95.3 Å². The van der Waals surface area contributed by atoms with Crippen LogP contribution in [0.25, 0.3) is 0 Å². The normalized spacial score (nSPS) is 10.3. The number of carbonyl (C=O) groups excluding carboxylic acids is 2. The molecule has 0 radical (unpaired) electrons. The summed E-state index contributed by atoms with van der Waals surface area (Å²) in [5.74, 6) is -1.79. The predicted molar refractivity (Wildman–Crippen MR) is 96.2 cm³/mol. The average molecular weight is 367 g/mol. The number of pyridine rings is 1. The highest BCUT2D eigenvalue weighted by Crippen LogP contribution is 2.11. The smallest absolute Gasteiger partial charge is 0.274 e.